The van der Waals surface area contributed by atoms with Gasteiger partial charge in [-0.1, -0.05) is 65.7 Å². The zero-order chi connectivity index (χ0) is 28.0. The van der Waals surface area contributed by atoms with Crippen molar-refractivity contribution < 1.29 is 18.0 Å². The largest absolute Gasteiger partial charge is 0.352 e. The molecule has 0 saturated heterocycles. The van der Waals surface area contributed by atoms with E-state index in [9.17, 15) is 18.0 Å². The van der Waals surface area contributed by atoms with Crippen LogP contribution in [0.1, 0.15) is 43.0 Å². The second-order valence-corrected chi connectivity index (χ2v) is 11.8. The molecule has 202 valence electrons. The Labute approximate surface area is 226 Å². The van der Waals surface area contributed by atoms with Gasteiger partial charge in [-0.25, -0.2) is 8.42 Å². The molecular weight excluding hydrogens is 498 g/mol. The van der Waals surface area contributed by atoms with Gasteiger partial charge in [0.15, 0.2) is 0 Å². The van der Waals surface area contributed by atoms with E-state index in [1.54, 1.807) is 31.2 Å². The molecule has 1 unspecified atom stereocenters. The number of carbonyl (C=O) groups is 2. The van der Waals surface area contributed by atoms with Gasteiger partial charge >= 0.3 is 0 Å². The van der Waals surface area contributed by atoms with E-state index >= 15 is 0 Å². The summed E-state index contributed by atoms with van der Waals surface area (Å²) in [6, 6.07) is 20.3. The summed E-state index contributed by atoms with van der Waals surface area (Å²) in [6.07, 6.45) is 0. The van der Waals surface area contributed by atoms with Gasteiger partial charge in [0.2, 0.25) is 11.8 Å². The van der Waals surface area contributed by atoms with Crippen LogP contribution in [0.3, 0.4) is 0 Å². The highest BCUT2D eigenvalue weighted by molar-refractivity contribution is 7.92. The van der Waals surface area contributed by atoms with Gasteiger partial charge in [0.05, 0.1) is 10.6 Å². The molecule has 8 heteroatoms. The fourth-order valence-electron chi connectivity index (χ4n) is 4.31. The highest BCUT2D eigenvalue weighted by atomic mass is 32.2. The highest BCUT2D eigenvalue weighted by Crippen LogP contribution is 2.28. The van der Waals surface area contributed by atoms with Crippen LogP contribution < -0.4 is 9.62 Å². The van der Waals surface area contributed by atoms with Gasteiger partial charge in [-0.15, -0.1) is 0 Å². The van der Waals surface area contributed by atoms with Crippen LogP contribution in [-0.2, 0) is 26.2 Å². The lowest BCUT2D eigenvalue weighted by molar-refractivity contribution is -0.139. The number of hydrogen-bond donors (Lipinski definition) is 1. The third-order valence-corrected chi connectivity index (χ3v) is 8.04. The predicted molar refractivity (Wildman–Crippen MR) is 151 cm³/mol. The normalized spacial score (nSPS) is 12.2. The van der Waals surface area contributed by atoms with E-state index in [1.807, 2.05) is 71.0 Å². The van der Waals surface area contributed by atoms with Crippen LogP contribution in [0.5, 0.6) is 0 Å². The van der Waals surface area contributed by atoms with Gasteiger partial charge in [0.1, 0.15) is 12.6 Å². The predicted octanol–water partition coefficient (Wildman–Crippen LogP) is 4.75. The molecule has 3 aromatic rings. The number of hydrogen-bond acceptors (Lipinski definition) is 4. The SMILES string of the molecule is Cc1cccc(CN(C(=O)CN(c2ccc(C)cc2C)S(=O)(=O)c2ccccc2)C(C)C(=O)NC(C)C)c1. The zero-order valence-electron chi connectivity index (χ0n) is 22.9. The molecule has 0 bridgehead atoms. The molecular formula is C30H37N3O4S. The van der Waals surface area contributed by atoms with Crippen LogP contribution in [0.4, 0.5) is 5.69 Å². The second kappa shape index (κ2) is 12.3. The standard InChI is InChI=1S/C30H37N3O4S/c1-21(2)31-30(35)25(6)32(19-26-12-10-11-22(3)18-26)29(34)20-33(28-16-15-23(4)17-24(28)5)38(36,37)27-13-8-7-9-14-27/h7-18,21,25H,19-20H2,1-6H3,(H,31,35). The molecule has 0 aliphatic carbocycles. The number of anilines is 1. The Morgan fingerprint density at radius 3 is 2.11 bits per heavy atom. The number of nitrogens with one attached hydrogen (secondary N) is 1. The maximum Gasteiger partial charge on any atom is 0.264 e. The van der Waals surface area contributed by atoms with Gasteiger partial charge in [0.25, 0.3) is 10.0 Å². The average Bonchev–Trinajstić information content (AvgIpc) is 2.86. The minimum Gasteiger partial charge on any atom is -0.352 e. The molecule has 0 spiro atoms. The van der Waals surface area contributed by atoms with E-state index in [-0.39, 0.29) is 23.4 Å². The highest BCUT2D eigenvalue weighted by Gasteiger charge is 2.33. The van der Waals surface area contributed by atoms with Crippen LogP contribution >= 0.6 is 0 Å². The van der Waals surface area contributed by atoms with Gasteiger partial charge in [-0.3, -0.25) is 13.9 Å². The van der Waals surface area contributed by atoms with Gasteiger partial charge in [-0.05, 0) is 70.9 Å². The van der Waals surface area contributed by atoms with Crippen molar-refractivity contribution in [1.29, 1.82) is 0 Å². The number of amides is 2. The van der Waals surface area contributed by atoms with E-state index in [1.165, 1.54) is 17.0 Å². The first kappa shape index (κ1) is 28.9. The van der Waals surface area contributed by atoms with E-state index in [4.69, 9.17) is 0 Å². The fourth-order valence-corrected chi connectivity index (χ4v) is 5.81. The molecule has 3 rings (SSSR count). The third kappa shape index (κ3) is 7.01. The van der Waals surface area contributed by atoms with Crippen molar-refractivity contribution in [3.63, 3.8) is 0 Å². The average molecular weight is 536 g/mol. The number of benzene rings is 3. The topological polar surface area (TPSA) is 86.8 Å². The summed E-state index contributed by atoms with van der Waals surface area (Å²) in [6.45, 7) is 10.8. The quantitative estimate of drug-likeness (QED) is 0.406. The summed E-state index contributed by atoms with van der Waals surface area (Å²) in [7, 11) is -4.08. The van der Waals surface area contributed by atoms with Crippen molar-refractivity contribution in [2.75, 3.05) is 10.8 Å². The molecule has 3 aromatic carbocycles. The van der Waals surface area contributed by atoms with Crippen LogP contribution in [0, 0.1) is 20.8 Å². The van der Waals surface area contributed by atoms with E-state index < -0.39 is 28.5 Å². The maximum atomic E-state index is 13.9. The van der Waals surface area contributed by atoms with Crippen LogP contribution in [0.15, 0.2) is 77.7 Å². The Bertz CT molecular complexity index is 1390. The number of carbonyl (C=O) groups excluding carboxylic acids is 2. The Balaban J connectivity index is 2.06. The number of rotatable bonds is 10. The first-order valence-electron chi connectivity index (χ1n) is 12.7. The number of aryl methyl sites for hydroxylation is 3. The molecule has 2 amide bonds. The van der Waals surface area contributed by atoms with Crippen molar-refractivity contribution in [3.05, 3.63) is 95.1 Å². The summed E-state index contributed by atoms with van der Waals surface area (Å²) >= 11 is 0. The fraction of sp³-hybridized carbons (Fsp3) is 0.333. The molecule has 0 aromatic heterocycles. The minimum atomic E-state index is -4.08. The summed E-state index contributed by atoms with van der Waals surface area (Å²) in [5.41, 5.74) is 4.01. The van der Waals surface area contributed by atoms with Crippen molar-refractivity contribution in [2.45, 2.75) is 65.1 Å². The Morgan fingerprint density at radius 1 is 0.842 bits per heavy atom. The molecule has 0 radical (unpaired) electrons. The van der Waals surface area contributed by atoms with Gasteiger partial charge in [0, 0.05) is 12.6 Å². The molecule has 1 N–H and O–H groups in total. The monoisotopic (exact) mass is 535 g/mol. The van der Waals surface area contributed by atoms with E-state index in [2.05, 4.69) is 5.32 Å². The van der Waals surface area contributed by atoms with Crippen LogP contribution in [0.25, 0.3) is 0 Å². The lowest BCUT2D eigenvalue weighted by atomic mass is 10.1. The zero-order valence-corrected chi connectivity index (χ0v) is 23.7. The van der Waals surface area contributed by atoms with Crippen molar-refractivity contribution in [3.8, 4) is 0 Å². The third-order valence-electron chi connectivity index (χ3n) is 6.26. The molecule has 38 heavy (non-hydrogen) atoms. The van der Waals surface area contributed by atoms with Gasteiger partial charge in [-0.2, -0.15) is 0 Å². The summed E-state index contributed by atoms with van der Waals surface area (Å²) in [5.74, 6) is -0.776. The Morgan fingerprint density at radius 2 is 1.50 bits per heavy atom. The lowest BCUT2D eigenvalue weighted by Crippen LogP contribution is -2.52. The van der Waals surface area contributed by atoms with Crippen molar-refractivity contribution in [1.82, 2.24) is 10.2 Å². The van der Waals surface area contributed by atoms with Gasteiger partial charge < -0.3 is 10.2 Å². The van der Waals surface area contributed by atoms with Crippen LogP contribution in [-0.4, -0.2) is 43.8 Å². The van der Waals surface area contributed by atoms with Crippen LogP contribution in [0.2, 0.25) is 0 Å². The Kier molecular flexibility index (Phi) is 9.33. The Hall–Kier alpha value is -3.65. The smallest absolute Gasteiger partial charge is 0.264 e. The summed E-state index contributed by atoms with van der Waals surface area (Å²) < 4.78 is 28.9. The molecule has 0 aliphatic rings. The molecule has 0 saturated carbocycles. The summed E-state index contributed by atoms with van der Waals surface area (Å²) in [4.78, 5) is 28.5. The summed E-state index contributed by atoms with van der Waals surface area (Å²) in [5, 5.41) is 2.87. The number of sulfonamides is 1. The lowest BCUT2D eigenvalue weighted by Gasteiger charge is -2.33. The minimum absolute atomic E-state index is 0.0867. The first-order chi connectivity index (χ1) is 17.9. The first-order valence-corrected chi connectivity index (χ1v) is 14.1. The molecule has 7 nitrogen and oxygen atoms in total. The molecule has 0 heterocycles. The molecule has 0 fully saturated rings. The second-order valence-electron chi connectivity index (χ2n) is 9.96. The van der Waals surface area contributed by atoms with Crippen molar-refractivity contribution in [2.24, 2.45) is 0 Å². The van der Waals surface area contributed by atoms with E-state index in [0.717, 1.165) is 26.6 Å². The molecule has 1 atom stereocenters. The van der Waals surface area contributed by atoms with Crippen molar-refractivity contribution >= 4 is 27.5 Å². The number of nitrogens with zero attached hydrogens (tertiary/aromatic N) is 2. The van der Waals surface area contributed by atoms with E-state index in [0.29, 0.717) is 5.69 Å². The molecule has 0 aliphatic heterocycles. The maximum absolute atomic E-state index is 13.9.